The molecule has 0 saturated carbocycles. The van der Waals surface area contributed by atoms with Gasteiger partial charge >= 0.3 is 0 Å². The minimum absolute atomic E-state index is 0.497. The van der Waals surface area contributed by atoms with Crippen LogP contribution in [0.5, 0.6) is 5.75 Å². The second kappa shape index (κ2) is 9.07. The number of hydrogen-bond acceptors (Lipinski definition) is 5. The predicted octanol–water partition coefficient (Wildman–Crippen LogP) is 4.49. The average Bonchev–Trinajstić information content (AvgIpc) is 3.51. The van der Waals surface area contributed by atoms with E-state index in [-0.39, 0.29) is 0 Å². The molecule has 0 bridgehead atoms. The average molecular weight is 484 g/mol. The number of likely N-dealkylation sites (tertiary alicyclic amines) is 1. The zero-order valence-electron chi connectivity index (χ0n) is 20.9. The predicted molar refractivity (Wildman–Crippen MR) is 141 cm³/mol. The van der Waals surface area contributed by atoms with E-state index in [0.29, 0.717) is 12.6 Å². The summed E-state index contributed by atoms with van der Waals surface area (Å²) in [6.45, 7) is 7.19. The highest BCUT2D eigenvalue weighted by Gasteiger charge is 2.24. The lowest BCUT2D eigenvalue weighted by atomic mass is 10.0. The zero-order valence-corrected chi connectivity index (χ0v) is 20.9. The molecule has 2 saturated heterocycles. The molecule has 0 radical (unpaired) electrons. The van der Waals surface area contributed by atoms with Crippen molar-refractivity contribution in [2.45, 2.75) is 32.0 Å². The lowest BCUT2D eigenvalue weighted by Crippen LogP contribution is -2.35. The van der Waals surface area contributed by atoms with Gasteiger partial charge in [-0.05, 0) is 56.7 Å². The van der Waals surface area contributed by atoms with Crippen molar-refractivity contribution in [3.63, 3.8) is 0 Å². The molecule has 2 aromatic heterocycles. The van der Waals surface area contributed by atoms with Gasteiger partial charge in [-0.3, -0.25) is 9.47 Å². The first-order valence-electron chi connectivity index (χ1n) is 13.2. The van der Waals surface area contributed by atoms with Crippen molar-refractivity contribution < 1.29 is 9.47 Å². The number of imidazole rings is 1. The van der Waals surface area contributed by atoms with Gasteiger partial charge in [-0.15, -0.1) is 0 Å². The van der Waals surface area contributed by atoms with Crippen LogP contribution in [-0.2, 0) is 17.9 Å². The van der Waals surface area contributed by atoms with Crippen LogP contribution in [0.15, 0.2) is 54.9 Å². The molecule has 3 aliphatic rings. The monoisotopic (exact) mass is 483 g/mol. The second-order valence-electron chi connectivity index (χ2n) is 10.4. The van der Waals surface area contributed by atoms with Gasteiger partial charge in [0, 0.05) is 54.5 Å². The van der Waals surface area contributed by atoms with Crippen LogP contribution in [0.3, 0.4) is 0 Å². The van der Waals surface area contributed by atoms with Crippen LogP contribution in [0.25, 0.3) is 27.7 Å². The maximum absolute atomic E-state index is 6.23. The summed E-state index contributed by atoms with van der Waals surface area (Å²) in [7, 11) is 2.22. The summed E-state index contributed by atoms with van der Waals surface area (Å²) >= 11 is 0. The molecule has 7 heteroatoms. The van der Waals surface area contributed by atoms with Crippen molar-refractivity contribution in [2.24, 2.45) is 0 Å². The number of hydrogen-bond donors (Lipinski definition) is 0. The molecule has 0 N–H and O–H groups in total. The van der Waals surface area contributed by atoms with E-state index in [1.165, 1.54) is 34.9 Å². The highest BCUT2D eigenvalue weighted by atomic mass is 16.5. The Balaban J connectivity index is 1.21. The maximum atomic E-state index is 6.23. The van der Waals surface area contributed by atoms with E-state index < -0.39 is 0 Å². The third-order valence-electron chi connectivity index (χ3n) is 8.03. The van der Waals surface area contributed by atoms with Gasteiger partial charge in [-0.25, -0.2) is 4.98 Å². The summed E-state index contributed by atoms with van der Waals surface area (Å²) in [6, 6.07) is 16.0. The van der Waals surface area contributed by atoms with Crippen molar-refractivity contribution >= 4 is 10.9 Å². The Kier molecular flexibility index (Phi) is 5.57. The molecule has 186 valence electrons. The number of ether oxygens (including phenoxy) is 2. The van der Waals surface area contributed by atoms with Crippen molar-refractivity contribution in [3.05, 3.63) is 66.4 Å². The van der Waals surface area contributed by atoms with Crippen molar-refractivity contribution in [3.8, 4) is 22.6 Å². The third kappa shape index (κ3) is 3.92. The van der Waals surface area contributed by atoms with E-state index in [1.54, 1.807) is 0 Å². The summed E-state index contributed by atoms with van der Waals surface area (Å²) < 4.78 is 16.4. The molecule has 0 spiro atoms. The fourth-order valence-electron chi connectivity index (χ4n) is 6.00. The molecule has 0 amide bonds. The first kappa shape index (κ1) is 22.1. The molecule has 36 heavy (non-hydrogen) atoms. The largest absolute Gasteiger partial charge is 0.483 e. The molecule has 0 unspecified atom stereocenters. The van der Waals surface area contributed by atoms with E-state index in [0.717, 1.165) is 68.9 Å². The topological polar surface area (TPSA) is 47.7 Å². The summed E-state index contributed by atoms with van der Waals surface area (Å²) in [5.74, 6) is 1.89. The minimum atomic E-state index is 0.497. The lowest BCUT2D eigenvalue weighted by molar-refractivity contribution is 0.0337. The Morgan fingerprint density at radius 1 is 0.972 bits per heavy atom. The van der Waals surface area contributed by atoms with Crippen molar-refractivity contribution in [2.75, 3.05) is 46.4 Å². The van der Waals surface area contributed by atoms with Gasteiger partial charge in [0.15, 0.2) is 5.82 Å². The van der Waals surface area contributed by atoms with E-state index in [1.807, 2.05) is 0 Å². The third-order valence-corrected chi connectivity index (χ3v) is 8.03. The molecular weight excluding hydrogens is 450 g/mol. The standard InChI is InChI=1S/C29H33N5O2/c1-31-10-8-23(9-11-31)33-19-25(24-4-2-3-5-26(24)33)21-6-7-27-28(16-21)36-20-29-30-22(18-34(27)29)17-32-12-14-35-15-13-32/h2-7,16,18-19,23H,8-15,17,20H2,1H3. The van der Waals surface area contributed by atoms with Crippen molar-refractivity contribution in [1.82, 2.24) is 23.9 Å². The number of para-hydroxylation sites is 1. The van der Waals surface area contributed by atoms with Gasteiger partial charge in [0.2, 0.25) is 0 Å². The molecule has 3 aliphatic heterocycles. The van der Waals surface area contributed by atoms with Crippen LogP contribution < -0.4 is 4.74 Å². The van der Waals surface area contributed by atoms with Crippen LogP contribution in [-0.4, -0.2) is 70.4 Å². The maximum Gasteiger partial charge on any atom is 0.151 e. The van der Waals surface area contributed by atoms with Crippen LogP contribution in [0.4, 0.5) is 0 Å². The number of morpholine rings is 1. The van der Waals surface area contributed by atoms with E-state index in [2.05, 4.69) is 80.8 Å². The van der Waals surface area contributed by atoms with Gasteiger partial charge in [-0.1, -0.05) is 24.3 Å². The zero-order chi connectivity index (χ0) is 24.1. The number of piperidine rings is 1. The Hall–Kier alpha value is -3.13. The molecule has 4 aromatic rings. The molecular formula is C29H33N5O2. The van der Waals surface area contributed by atoms with E-state index in [4.69, 9.17) is 14.5 Å². The molecule has 0 atom stereocenters. The highest BCUT2D eigenvalue weighted by molar-refractivity contribution is 5.96. The molecule has 2 aromatic carbocycles. The smallest absolute Gasteiger partial charge is 0.151 e. The minimum Gasteiger partial charge on any atom is -0.483 e. The molecule has 5 heterocycles. The van der Waals surface area contributed by atoms with Crippen LogP contribution in [0, 0.1) is 0 Å². The van der Waals surface area contributed by atoms with Gasteiger partial charge < -0.3 is 18.9 Å². The first-order chi connectivity index (χ1) is 17.7. The Bertz CT molecular complexity index is 1390. The summed E-state index contributed by atoms with van der Waals surface area (Å²) in [5, 5.41) is 1.31. The van der Waals surface area contributed by atoms with Gasteiger partial charge in [0.05, 0.1) is 24.6 Å². The lowest BCUT2D eigenvalue weighted by Gasteiger charge is -2.30. The number of fused-ring (bicyclic) bond motifs is 4. The van der Waals surface area contributed by atoms with E-state index in [9.17, 15) is 0 Å². The van der Waals surface area contributed by atoms with Gasteiger partial charge in [0.1, 0.15) is 12.4 Å². The molecule has 7 nitrogen and oxygen atoms in total. The Labute approximate surface area is 211 Å². The SMILES string of the molecule is CN1CCC(n2cc(-c3ccc4c(c3)OCc3nc(CN5CCOCC5)cn3-4)c3ccccc32)CC1. The highest BCUT2D eigenvalue weighted by Crippen LogP contribution is 2.39. The van der Waals surface area contributed by atoms with Crippen LogP contribution in [0.1, 0.15) is 30.4 Å². The summed E-state index contributed by atoms with van der Waals surface area (Å²) in [6.07, 6.45) is 6.93. The first-order valence-corrected chi connectivity index (χ1v) is 13.2. The Morgan fingerprint density at radius 2 is 1.81 bits per heavy atom. The Morgan fingerprint density at radius 3 is 2.67 bits per heavy atom. The normalized spacial score (nSPS) is 19.2. The van der Waals surface area contributed by atoms with Gasteiger partial charge in [-0.2, -0.15) is 0 Å². The number of rotatable bonds is 4. The summed E-state index contributed by atoms with van der Waals surface area (Å²) in [5.41, 5.74) is 5.97. The fraction of sp³-hybridized carbons (Fsp3) is 0.414. The van der Waals surface area contributed by atoms with E-state index >= 15 is 0 Å². The number of aromatic nitrogens is 3. The quantitative estimate of drug-likeness (QED) is 0.428. The van der Waals surface area contributed by atoms with Crippen LogP contribution in [0.2, 0.25) is 0 Å². The van der Waals surface area contributed by atoms with Crippen molar-refractivity contribution in [1.29, 1.82) is 0 Å². The fourth-order valence-corrected chi connectivity index (χ4v) is 6.00. The summed E-state index contributed by atoms with van der Waals surface area (Å²) in [4.78, 5) is 9.71. The van der Waals surface area contributed by atoms with Crippen LogP contribution >= 0.6 is 0 Å². The number of benzene rings is 2. The molecule has 2 fully saturated rings. The molecule has 7 rings (SSSR count). The molecule has 0 aliphatic carbocycles. The second-order valence-corrected chi connectivity index (χ2v) is 10.4. The number of nitrogens with zero attached hydrogens (tertiary/aromatic N) is 5. The van der Waals surface area contributed by atoms with Gasteiger partial charge in [0.25, 0.3) is 0 Å².